The average Bonchev–Trinajstić information content (AvgIpc) is 2.77. The van der Waals surface area contributed by atoms with Crippen molar-refractivity contribution in [3.05, 3.63) is 56.5 Å². The number of fused-ring (bicyclic) bond motifs is 1. The van der Waals surface area contributed by atoms with Gasteiger partial charge in [0.2, 0.25) is 0 Å². The molecule has 4 heteroatoms. The fourth-order valence-corrected chi connectivity index (χ4v) is 3.09. The number of nitrogens with zero attached hydrogens (tertiary/aromatic N) is 2. The van der Waals surface area contributed by atoms with Gasteiger partial charge in [0.1, 0.15) is 11.0 Å². The first-order valence-corrected chi connectivity index (χ1v) is 7.18. The van der Waals surface area contributed by atoms with Gasteiger partial charge >= 0.3 is 0 Å². The standard InChI is InChI=1S/C14H12BrClN2/c15-10-4-1-3-9(7-10)8-13-17-12-6-2-5-11(12)14(16)18-13/h1,3-4,7H,2,5-6,8H2. The summed E-state index contributed by atoms with van der Waals surface area (Å²) in [4.78, 5) is 9.04. The number of halogens is 2. The van der Waals surface area contributed by atoms with Crippen LogP contribution < -0.4 is 0 Å². The van der Waals surface area contributed by atoms with Crippen LogP contribution in [0.15, 0.2) is 28.7 Å². The minimum atomic E-state index is 0.641. The summed E-state index contributed by atoms with van der Waals surface area (Å²) >= 11 is 9.68. The Morgan fingerprint density at radius 2 is 2.11 bits per heavy atom. The van der Waals surface area contributed by atoms with E-state index in [9.17, 15) is 0 Å². The molecule has 3 rings (SSSR count). The summed E-state index contributed by atoms with van der Waals surface area (Å²) in [6.45, 7) is 0. The van der Waals surface area contributed by atoms with Crippen LogP contribution >= 0.6 is 27.5 Å². The molecule has 1 heterocycles. The largest absolute Gasteiger partial charge is 0.237 e. The molecule has 0 atom stereocenters. The van der Waals surface area contributed by atoms with E-state index >= 15 is 0 Å². The second-order valence-corrected chi connectivity index (χ2v) is 5.79. The van der Waals surface area contributed by atoms with Crippen LogP contribution in [-0.4, -0.2) is 9.97 Å². The predicted octanol–water partition coefficient (Wildman–Crippen LogP) is 3.97. The van der Waals surface area contributed by atoms with E-state index < -0.39 is 0 Å². The van der Waals surface area contributed by atoms with Crippen molar-refractivity contribution >= 4 is 27.5 Å². The number of rotatable bonds is 2. The van der Waals surface area contributed by atoms with Gasteiger partial charge in [0.25, 0.3) is 0 Å². The molecular formula is C14H12BrClN2. The van der Waals surface area contributed by atoms with Gasteiger partial charge in [-0.05, 0) is 37.0 Å². The Balaban J connectivity index is 1.92. The van der Waals surface area contributed by atoms with Crippen molar-refractivity contribution in [1.29, 1.82) is 0 Å². The number of benzene rings is 1. The van der Waals surface area contributed by atoms with Crippen molar-refractivity contribution in [1.82, 2.24) is 9.97 Å². The molecule has 2 aromatic rings. The van der Waals surface area contributed by atoms with Gasteiger partial charge in [-0.1, -0.05) is 39.7 Å². The Kier molecular flexibility index (Phi) is 3.35. The third kappa shape index (κ3) is 2.43. The second-order valence-electron chi connectivity index (χ2n) is 4.52. The summed E-state index contributed by atoms with van der Waals surface area (Å²) in [5.41, 5.74) is 3.48. The first-order chi connectivity index (χ1) is 8.72. The van der Waals surface area contributed by atoms with Crippen LogP contribution in [0.1, 0.15) is 29.1 Å². The third-order valence-corrected chi connectivity index (χ3v) is 3.99. The van der Waals surface area contributed by atoms with Crippen LogP contribution in [0.5, 0.6) is 0 Å². The smallest absolute Gasteiger partial charge is 0.136 e. The van der Waals surface area contributed by atoms with E-state index in [2.05, 4.69) is 38.0 Å². The van der Waals surface area contributed by atoms with Gasteiger partial charge < -0.3 is 0 Å². The Hall–Kier alpha value is -0.930. The SMILES string of the molecule is Clc1nc(Cc2cccc(Br)c2)nc2c1CCC2. The molecule has 0 unspecified atom stereocenters. The number of aromatic nitrogens is 2. The summed E-state index contributed by atoms with van der Waals surface area (Å²) in [6, 6.07) is 8.20. The Bertz CT molecular complexity index is 598. The summed E-state index contributed by atoms with van der Waals surface area (Å²) in [5.74, 6) is 0.818. The van der Waals surface area contributed by atoms with Crippen LogP contribution in [0.2, 0.25) is 5.15 Å². The van der Waals surface area contributed by atoms with E-state index in [1.807, 2.05) is 12.1 Å². The lowest BCUT2D eigenvalue weighted by Crippen LogP contribution is -2.02. The molecular weight excluding hydrogens is 312 g/mol. The van der Waals surface area contributed by atoms with Gasteiger partial charge in [0, 0.05) is 22.2 Å². The summed E-state index contributed by atoms with van der Waals surface area (Å²) < 4.78 is 1.08. The molecule has 0 aliphatic heterocycles. The van der Waals surface area contributed by atoms with E-state index in [1.54, 1.807) is 0 Å². The Morgan fingerprint density at radius 1 is 1.22 bits per heavy atom. The van der Waals surface area contributed by atoms with Crippen LogP contribution in [0.4, 0.5) is 0 Å². The fraction of sp³-hybridized carbons (Fsp3) is 0.286. The molecule has 0 N–H and O–H groups in total. The molecule has 0 radical (unpaired) electrons. The van der Waals surface area contributed by atoms with Gasteiger partial charge in [0.05, 0.1) is 0 Å². The Morgan fingerprint density at radius 3 is 2.94 bits per heavy atom. The van der Waals surface area contributed by atoms with Gasteiger partial charge in [-0.25, -0.2) is 9.97 Å². The topological polar surface area (TPSA) is 25.8 Å². The quantitative estimate of drug-likeness (QED) is 0.782. The van der Waals surface area contributed by atoms with Crippen molar-refractivity contribution < 1.29 is 0 Å². The molecule has 0 fully saturated rings. The molecule has 0 spiro atoms. The fourth-order valence-electron chi connectivity index (χ4n) is 2.34. The van der Waals surface area contributed by atoms with E-state index in [-0.39, 0.29) is 0 Å². The molecule has 0 saturated carbocycles. The van der Waals surface area contributed by atoms with Crippen molar-refractivity contribution in [3.8, 4) is 0 Å². The summed E-state index contributed by atoms with van der Waals surface area (Å²) in [5, 5.41) is 0.641. The van der Waals surface area contributed by atoms with E-state index in [0.717, 1.165) is 47.2 Å². The van der Waals surface area contributed by atoms with Crippen molar-refractivity contribution in [3.63, 3.8) is 0 Å². The van der Waals surface area contributed by atoms with Crippen LogP contribution in [-0.2, 0) is 19.3 Å². The van der Waals surface area contributed by atoms with Gasteiger partial charge in [-0.2, -0.15) is 0 Å². The van der Waals surface area contributed by atoms with Crippen LogP contribution in [0.25, 0.3) is 0 Å². The highest BCUT2D eigenvalue weighted by molar-refractivity contribution is 9.10. The number of hydrogen-bond donors (Lipinski definition) is 0. The third-order valence-electron chi connectivity index (χ3n) is 3.18. The zero-order valence-corrected chi connectivity index (χ0v) is 12.1. The minimum absolute atomic E-state index is 0.641. The minimum Gasteiger partial charge on any atom is -0.237 e. The van der Waals surface area contributed by atoms with Gasteiger partial charge in [0.15, 0.2) is 0 Å². The van der Waals surface area contributed by atoms with Crippen LogP contribution in [0.3, 0.4) is 0 Å². The molecule has 0 amide bonds. The molecule has 2 nitrogen and oxygen atoms in total. The highest BCUT2D eigenvalue weighted by atomic mass is 79.9. The molecule has 0 bridgehead atoms. The molecule has 1 aromatic carbocycles. The van der Waals surface area contributed by atoms with E-state index in [4.69, 9.17) is 11.6 Å². The number of hydrogen-bond acceptors (Lipinski definition) is 2. The first kappa shape index (κ1) is 12.1. The molecule has 92 valence electrons. The monoisotopic (exact) mass is 322 g/mol. The van der Waals surface area contributed by atoms with Crippen molar-refractivity contribution in [2.45, 2.75) is 25.7 Å². The highest BCUT2D eigenvalue weighted by Gasteiger charge is 2.18. The molecule has 1 aliphatic carbocycles. The summed E-state index contributed by atoms with van der Waals surface area (Å²) in [6.07, 6.45) is 3.92. The lowest BCUT2D eigenvalue weighted by Gasteiger charge is -2.06. The molecule has 0 saturated heterocycles. The zero-order chi connectivity index (χ0) is 12.5. The van der Waals surface area contributed by atoms with E-state index in [0.29, 0.717) is 5.15 Å². The zero-order valence-electron chi connectivity index (χ0n) is 9.79. The van der Waals surface area contributed by atoms with Gasteiger partial charge in [-0.3, -0.25) is 0 Å². The lowest BCUT2D eigenvalue weighted by molar-refractivity contribution is 0.885. The van der Waals surface area contributed by atoms with E-state index in [1.165, 1.54) is 5.56 Å². The molecule has 1 aliphatic rings. The summed E-state index contributed by atoms with van der Waals surface area (Å²) in [7, 11) is 0. The Labute approximate surface area is 120 Å². The van der Waals surface area contributed by atoms with Gasteiger partial charge in [-0.15, -0.1) is 0 Å². The first-order valence-electron chi connectivity index (χ1n) is 6.01. The highest BCUT2D eigenvalue weighted by Crippen LogP contribution is 2.26. The maximum atomic E-state index is 6.21. The maximum Gasteiger partial charge on any atom is 0.136 e. The second kappa shape index (κ2) is 4.98. The van der Waals surface area contributed by atoms with Crippen molar-refractivity contribution in [2.75, 3.05) is 0 Å². The lowest BCUT2D eigenvalue weighted by atomic mass is 10.1. The maximum absolute atomic E-state index is 6.21. The number of aryl methyl sites for hydroxylation is 1. The molecule has 18 heavy (non-hydrogen) atoms. The molecule has 1 aromatic heterocycles. The average molecular weight is 324 g/mol. The van der Waals surface area contributed by atoms with Crippen LogP contribution in [0, 0.1) is 0 Å². The normalized spacial score (nSPS) is 13.7. The van der Waals surface area contributed by atoms with Crippen molar-refractivity contribution in [2.24, 2.45) is 0 Å². The predicted molar refractivity (Wildman–Crippen MR) is 76.0 cm³/mol.